The molecular weight excluding hydrogens is 113 g/mol. The summed E-state index contributed by atoms with van der Waals surface area (Å²) in [5.41, 5.74) is 0. The van der Waals surface area contributed by atoms with Crippen molar-refractivity contribution < 1.29 is 9.22 Å². The standard InChI is InChI=1S/C6H16NO.BH4/c1-7(2,3)5-6-8-4;/h5-6H2,1-4H3;1H4/q+1;-1. The van der Waals surface area contributed by atoms with Crippen molar-refractivity contribution in [1.82, 2.24) is 0 Å². The lowest BCUT2D eigenvalue weighted by molar-refractivity contribution is -0.870. The second-order valence-electron chi connectivity index (χ2n) is 3.01. The van der Waals surface area contributed by atoms with Crippen LogP contribution in [0.2, 0.25) is 0 Å². The molecule has 0 aromatic rings. The molecule has 0 N–H and O–H groups in total. The van der Waals surface area contributed by atoms with Crippen molar-refractivity contribution in [2.45, 2.75) is 0 Å². The average Bonchev–Trinajstić information content (AvgIpc) is 1.59. The Kier molecular flexibility index (Phi) is 6.30. The van der Waals surface area contributed by atoms with Crippen LogP contribution in [0.25, 0.3) is 0 Å². The molecule has 0 spiro atoms. The van der Waals surface area contributed by atoms with Gasteiger partial charge in [-0.25, -0.2) is 0 Å². The molecule has 0 saturated carbocycles. The molecule has 0 heterocycles. The Hall–Kier alpha value is -0.0151. The first-order valence-electron chi connectivity index (χ1n) is 2.85. The number of nitrogens with zero attached hydrogens (tertiary/aromatic N) is 1. The zero-order valence-corrected chi connectivity index (χ0v) is 6.27. The van der Waals surface area contributed by atoms with Gasteiger partial charge in [0.1, 0.15) is 6.54 Å². The van der Waals surface area contributed by atoms with Gasteiger partial charge in [0.15, 0.2) is 0 Å². The lowest BCUT2D eigenvalue weighted by Crippen LogP contribution is -2.37. The summed E-state index contributed by atoms with van der Waals surface area (Å²) in [4.78, 5) is 0. The van der Waals surface area contributed by atoms with E-state index in [4.69, 9.17) is 4.74 Å². The van der Waals surface area contributed by atoms with E-state index in [9.17, 15) is 0 Å². The van der Waals surface area contributed by atoms with Gasteiger partial charge in [-0.1, -0.05) is 8.41 Å². The first kappa shape index (κ1) is 11.7. The Labute approximate surface area is 60.0 Å². The summed E-state index contributed by atoms with van der Waals surface area (Å²) in [6.45, 7) is 1.93. The molecule has 2 nitrogen and oxygen atoms in total. The summed E-state index contributed by atoms with van der Waals surface area (Å²) in [6.07, 6.45) is 0. The fourth-order valence-corrected chi connectivity index (χ4v) is 0.365. The molecule has 0 saturated heterocycles. The van der Waals surface area contributed by atoms with Crippen molar-refractivity contribution in [1.29, 1.82) is 0 Å². The first-order valence-corrected chi connectivity index (χ1v) is 2.85. The molecule has 0 atom stereocenters. The van der Waals surface area contributed by atoms with Gasteiger partial charge in [0.25, 0.3) is 0 Å². The molecule has 0 fully saturated rings. The zero-order valence-electron chi connectivity index (χ0n) is 6.27. The molecule has 58 valence electrons. The van der Waals surface area contributed by atoms with Crippen LogP contribution in [0.15, 0.2) is 0 Å². The predicted octanol–water partition coefficient (Wildman–Crippen LogP) is -1.11. The van der Waals surface area contributed by atoms with Crippen LogP contribution in [0.5, 0.6) is 0 Å². The van der Waals surface area contributed by atoms with Gasteiger partial charge in [-0.15, -0.1) is 0 Å². The monoisotopic (exact) mass is 133 g/mol. The number of quaternary nitrogens is 1. The van der Waals surface area contributed by atoms with E-state index in [1.807, 2.05) is 0 Å². The highest BCUT2D eigenvalue weighted by Gasteiger charge is 2.03. The van der Waals surface area contributed by atoms with Crippen molar-refractivity contribution in [3.05, 3.63) is 0 Å². The van der Waals surface area contributed by atoms with E-state index >= 15 is 0 Å². The second-order valence-corrected chi connectivity index (χ2v) is 3.01. The Morgan fingerprint density at radius 2 is 1.67 bits per heavy atom. The van der Waals surface area contributed by atoms with Gasteiger partial charge in [-0.05, 0) is 0 Å². The number of hydrogen-bond acceptors (Lipinski definition) is 1. The van der Waals surface area contributed by atoms with Crippen LogP contribution in [0, 0.1) is 0 Å². The van der Waals surface area contributed by atoms with E-state index < -0.39 is 0 Å². The molecule has 0 aliphatic rings. The largest absolute Gasteiger partial charge is 0.379 e. The van der Waals surface area contributed by atoms with E-state index in [0.717, 1.165) is 17.6 Å². The lowest BCUT2D eigenvalue weighted by atomic mass is 10.5. The molecule has 0 rings (SSSR count). The third-order valence-electron chi connectivity index (χ3n) is 0.966. The van der Waals surface area contributed by atoms with E-state index in [1.165, 1.54) is 0 Å². The topological polar surface area (TPSA) is 9.23 Å². The Morgan fingerprint density at radius 3 is 1.78 bits per heavy atom. The summed E-state index contributed by atoms with van der Waals surface area (Å²) in [7, 11) is 8.19. The van der Waals surface area contributed by atoms with Crippen LogP contribution in [0.3, 0.4) is 0 Å². The van der Waals surface area contributed by atoms with Crippen LogP contribution in [0.4, 0.5) is 0 Å². The third-order valence-corrected chi connectivity index (χ3v) is 0.966. The molecule has 0 radical (unpaired) electrons. The van der Waals surface area contributed by atoms with Crippen LogP contribution >= 0.6 is 0 Å². The molecule has 0 bridgehead atoms. The van der Waals surface area contributed by atoms with E-state index in [1.54, 1.807) is 7.11 Å². The fourth-order valence-electron chi connectivity index (χ4n) is 0.365. The van der Waals surface area contributed by atoms with Crippen molar-refractivity contribution >= 4 is 8.41 Å². The molecule has 0 amide bonds. The molecule has 0 aromatic heterocycles. The lowest BCUT2D eigenvalue weighted by Gasteiger charge is -2.22. The number of likely N-dealkylation sites (N-methyl/N-ethyl adjacent to an activating group) is 1. The minimum Gasteiger partial charge on any atom is -0.379 e. The van der Waals surface area contributed by atoms with E-state index in [0.29, 0.717) is 0 Å². The smallest absolute Gasteiger partial charge is 0.102 e. The highest BCUT2D eigenvalue weighted by molar-refractivity contribution is 5.75. The van der Waals surface area contributed by atoms with Gasteiger partial charge in [-0.3, -0.25) is 0 Å². The van der Waals surface area contributed by atoms with Crippen LogP contribution in [0.1, 0.15) is 0 Å². The first-order chi connectivity index (χ1) is 3.56. The van der Waals surface area contributed by atoms with Gasteiger partial charge in [0.05, 0.1) is 27.7 Å². The average molecular weight is 133 g/mol. The van der Waals surface area contributed by atoms with Gasteiger partial charge >= 0.3 is 0 Å². The number of hydrogen-bond donors (Lipinski definition) is 0. The maximum atomic E-state index is 4.90. The molecule has 3 heteroatoms. The minimum absolute atomic E-state index is 0. The predicted molar refractivity (Wildman–Crippen MR) is 46.1 cm³/mol. The number of ether oxygens (including phenoxy) is 1. The summed E-state index contributed by atoms with van der Waals surface area (Å²) >= 11 is 0. The minimum atomic E-state index is 0. The zero-order chi connectivity index (χ0) is 6.62. The Balaban J connectivity index is 0. The van der Waals surface area contributed by atoms with Crippen molar-refractivity contribution in [2.75, 3.05) is 41.4 Å². The SMILES string of the molecule is COCC[N+](C)(C)C.[BH4-]. The maximum absolute atomic E-state index is 4.90. The molecule has 0 aromatic carbocycles. The van der Waals surface area contributed by atoms with Crippen molar-refractivity contribution in [3.63, 3.8) is 0 Å². The third kappa shape index (κ3) is 11.5. The normalized spacial score (nSPS) is 10.7. The highest BCUT2D eigenvalue weighted by Crippen LogP contribution is 1.87. The summed E-state index contributed by atoms with van der Waals surface area (Å²) in [5, 5.41) is 0. The summed E-state index contributed by atoms with van der Waals surface area (Å²) < 4.78 is 5.88. The molecule has 9 heavy (non-hydrogen) atoms. The fraction of sp³-hybridized carbons (Fsp3) is 1.00. The molecule has 0 aliphatic heterocycles. The molecular formula is C6H20BNO. The summed E-state index contributed by atoms with van der Waals surface area (Å²) in [6, 6.07) is 0. The maximum Gasteiger partial charge on any atom is 0.102 e. The van der Waals surface area contributed by atoms with Crippen molar-refractivity contribution in [3.8, 4) is 0 Å². The van der Waals surface area contributed by atoms with E-state index in [2.05, 4.69) is 21.1 Å². The van der Waals surface area contributed by atoms with E-state index in [-0.39, 0.29) is 8.41 Å². The second kappa shape index (κ2) is 4.83. The van der Waals surface area contributed by atoms with Crippen molar-refractivity contribution in [2.24, 2.45) is 0 Å². The van der Waals surface area contributed by atoms with Gasteiger partial charge < -0.3 is 9.22 Å². The van der Waals surface area contributed by atoms with Crippen LogP contribution in [-0.4, -0.2) is 54.3 Å². The number of rotatable bonds is 3. The van der Waals surface area contributed by atoms with Crippen LogP contribution in [-0.2, 0) is 4.74 Å². The van der Waals surface area contributed by atoms with Gasteiger partial charge in [0, 0.05) is 7.11 Å². The Morgan fingerprint density at radius 1 is 1.22 bits per heavy atom. The Bertz CT molecular complexity index is 60.6. The van der Waals surface area contributed by atoms with Gasteiger partial charge in [0.2, 0.25) is 0 Å². The summed E-state index contributed by atoms with van der Waals surface area (Å²) in [5.74, 6) is 0. The molecule has 0 aliphatic carbocycles. The quantitative estimate of drug-likeness (QED) is 0.350. The highest BCUT2D eigenvalue weighted by atomic mass is 16.5. The van der Waals surface area contributed by atoms with Crippen LogP contribution < -0.4 is 0 Å². The molecule has 0 unspecified atom stereocenters. The van der Waals surface area contributed by atoms with Gasteiger partial charge in [-0.2, -0.15) is 0 Å². The number of methoxy groups -OCH3 is 1.